The molecule has 1 heterocycles. The van der Waals surface area contributed by atoms with Crippen molar-refractivity contribution in [1.82, 2.24) is 14.7 Å². The molecule has 0 aliphatic heterocycles. The van der Waals surface area contributed by atoms with Gasteiger partial charge in [0.05, 0.1) is 6.54 Å². The molecule has 1 unspecified atom stereocenters. The molecule has 140 valence electrons. The van der Waals surface area contributed by atoms with Crippen LogP contribution in [0.4, 0.5) is 5.69 Å². The third-order valence-corrected chi connectivity index (χ3v) is 4.21. The number of aromatic nitrogens is 2. The van der Waals surface area contributed by atoms with Gasteiger partial charge >= 0.3 is 0 Å². The van der Waals surface area contributed by atoms with Crippen LogP contribution in [-0.2, 0) is 9.59 Å². The molecule has 0 bridgehead atoms. The lowest BCUT2D eigenvalue weighted by Crippen LogP contribution is -2.40. The van der Waals surface area contributed by atoms with Crippen LogP contribution in [0.3, 0.4) is 0 Å². The highest BCUT2D eigenvalue weighted by atomic mass is 16.2. The van der Waals surface area contributed by atoms with E-state index in [1.54, 1.807) is 54.5 Å². The number of carbonyl (C=O) groups excluding carboxylic acids is 2. The molecule has 3 aromatic rings. The molecule has 6 heteroatoms. The van der Waals surface area contributed by atoms with E-state index in [4.69, 9.17) is 6.42 Å². The second-order valence-electron chi connectivity index (χ2n) is 6.27. The zero-order valence-corrected chi connectivity index (χ0v) is 15.4. The summed E-state index contributed by atoms with van der Waals surface area (Å²) in [6.07, 6.45) is 8.73. The molecule has 0 aliphatic carbocycles. The Hall–Kier alpha value is -3.85. The largest absolute Gasteiger partial charge is 0.334 e. The van der Waals surface area contributed by atoms with Gasteiger partial charge in [-0.15, -0.1) is 6.42 Å². The fraction of sp³-hybridized carbons (Fsp3) is 0.136. The van der Waals surface area contributed by atoms with Gasteiger partial charge in [0.1, 0.15) is 0 Å². The number of anilines is 1. The van der Waals surface area contributed by atoms with Crippen LogP contribution in [0.2, 0.25) is 0 Å². The van der Waals surface area contributed by atoms with Gasteiger partial charge in [-0.3, -0.25) is 14.3 Å². The predicted molar refractivity (Wildman–Crippen MR) is 107 cm³/mol. The molecular formula is C22H20N4O2. The van der Waals surface area contributed by atoms with Crippen molar-refractivity contribution >= 4 is 17.5 Å². The Morgan fingerprint density at radius 3 is 2.64 bits per heavy atom. The first-order chi connectivity index (χ1) is 13.6. The monoisotopic (exact) mass is 372 g/mol. The molecule has 6 nitrogen and oxygen atoms in total. The quantitative estimate of drug-likeness (QED) is 0.676. The van der Waals surface area contributed by atoms with Gasteiger partial charge in [0.15, 0.2) is 6.04 Å². The summed E-state index contributed by atoms with van der Waals surface area (Å²) in [6, 6.07) is 17.5. The zero-order valence-electron chi connectivity index (χ0n) is 15.4. The number of hydrogen-bond acceptors (Lipinski definition) is 3. The smallest absolute Gasteiger partial charge is 0.252 e. The van der Waals surface area contributed by atoms with E-state index in [0.29, 0.717) is 11.3 Å². The van der Waals surface area contributed by atoms with E-state index in [1.165, 1.54) is 4.90 Å². The summed E-state index contributed by atoms with van der Waals surface area (Å²) in [5.74, 6) is 1.98. The summed E-state index contributed by atoms with van der Waals surface area (Å²) < 4.78 is 1.59. The minimum Gasteiger partial charge on any atom is -0.334 e. The highest BCUT2D eigenvalue weighted by molar-refractivity contribution is 5.95. The Balaban J connectivity index is 1.73. The molecule has 1 N–H and O–H groups in total. The Labute approximate surface area is 163 Å². The molecule has 2 aromatic carbocycles. The van der Waals surface area contributed by atoms with Gasteiger partial charge in [-0.1, -0.05) is 42.3 Å². The van der Waals surface area contributed by atoms with Crippen LogP contribution >= 0.6 is 0 Å². The lowest BCUT2D eigenvalue weighted by molar-refractivity contribution is -0.135. The maximum Gasteiger partial charge on any atom is 0.252 e. The zero-order chi connectivity index (χ0) is 19.9. The number of benzene rings is 2. The second kappa shape index (κ2) is 8.69. The fourth-order valence-electron chi connectivity index (χ4n) is 2.87. The summed E-state index contributed by atoms with van der Waals surface area (Å²) in [7, 11) is 1.60. The minimum absolute atomic E-state index is 0.0935. The number of amides is 2. The third-order valence-electron chi connectivity index (χ3n) is 4.21. The topological polar surface area (TPSA) is 67.2 Å². The molecule has 3 rings (SSSR count). The number of rotatable bonds is 6. The van der Waals surface area contributed by atoms with Crippen molar-refractivity contribution in [3.8, 4) is 12.3 Å². The number of nitrogens with one attached hydrogen (secondary N) is 1. The Morgan fingerprint density at radius 1 is 1.18 bits per heavy atom. The standard InChI is InChI=1S/C22H20N4O2/c1-3-17-9-7-12-19(15-17)24-20(27)16-25(2)22(28)21(26-14-8-13-23-26)18-10-5-4-6-11-18/h1,4-15,21H,16H2,2H3,(H,24,27). The van der Waals surface area contributed by atoms with Crippen LogP contribution < -0.4 is 5.32 Å². The summed E-state index contributed by atoms with van der Waals surface area (Å²) in [4.78, 5) is 26.9. The molecule has 0 saturated carbocycles. The van der Waals surface area contributed by atoms with Gasteiger partial charge in [0, 0.05) is 30.7 Å². The van der Waals surface area contributed by atoms with E-state index in [-0.39, 0.29) is 18.4 Å². The van der Waals surface area contributed by atoms with E-state index in [1.807, 2.05) is 30.3 Å². The average Bonchev–Trinajstić information content (AvgIpc) is 3.23. The van der Waals surface area contributed by atoms with E-state index >= 15 is 0 Å². The molecule has 0 aliphatic rings. The molecule has 0 fully saturated rings. The van der Waals surface area contributed by atoms with Crippen molar-refractivity contribution in [1.29, 1.82) is 0 Å². The Bertz CT molecular complexity index is 991. The molecule has 1 atom stereocenters. The van der Waals surface area contributed by atoms with Crippen molar-refractivity contribution in [2.45, 2.75) is 6.04 Å². The first-order valence-electron chi connectivity index (χ1n) is 8.74. The van der Waals surface area contributed by atoms with Crippen molar-refractivity contribution in [2.24, 2.45) is 0 Å². The average molecular weight is 372 g/mol. The summed E-state index contributed by atoms with van der Waals surface area (Å²) in [5.41, 5.74) is 2.06. The molecule has 0 saturated heterocycles. The van der Waals surface area contributed by atoms with Gasteiger partial charge in [-0.2, -0.15) is 5.10 Å². The molecule has 0 spiro atoms. The van der Waals surface area contributed by atoms with Crippen molar-refractivity contribution in [3.63, 3.8) is 0 Å². The molecular weight excluding hydrogens is 352 g/mol. The van der Waals surface area contributed by atoms with Gasteiger partial charge in [0.2, 0.25) is 5.91 Å². The first-order valence-corrected chi connectivity index (χ1v) is 8.74. The highest BCUT2D eigenvalue weighted by Crippen LogP contribution is 2.20. The molecule has 2 amide bonds. The molecule has 1 aromatic heterocycles. The summed E-state index contributed by atoms with van der Waals surface area (Å²) in [5, 5.41) is 6.98. The highest BCUT2D eigenvalue weighted by Gasteiger charge is 2.27. The Kier molecular flexibility index (Phi) is 5.87. The second-order valence-corrected chi connectivity index (χ2v) is 6.27. The number of nitrogens with zero attached hydrogens (tertiary/aromatic N) is 3. The lowest BCUT2D eigenvalue weighted by atomic mass is 10.1. The van der Waals surface area contributed by atoms with Crippen LogP contribution in [0.1, 0.15) is 17.2 Å². The fourth-order valence-corrected chi connectivity index (χ4v) is 2.87. The molecule has 28 heavy (non-hydrogen) atoms. The van der Waals surface area contributed by atoms with E-state index in [0.717, 1.165) is 5.56 Å². The van der Waals surface area contributed by atoms with Crippen molar-refractivity contribution in [2.75, 3.05) is 18.9 Å². The Morgan fingerprint density at radius 2 is 1.96 bits per heavy atom. The third kappa shape index (κ3) is 4.46. The normalized spacial score (nSPS) is 11.3. The number of terminal acetylenes is 1. The number of likely N-dealkylation sites (N-methyl/N-ethyl adjacent to an activating group) is 1. The van der Waals surface area contributed by atoms with E-state index < -0.39 is 6.04 Å². The maximum absolute atomic E-state index is 13.1. The summed E-state index contributed by atoms with van der Waals surface area (Å²) in [6.45, 7) is -0.0935. The minimum atomic E-state index is -0.640. The van der Waals surface area contributed by atoms with E-state index in [2.05, 4.69) is 16.3 Å². The first kappa shape index (κ1) is 18.9. The van der Waals surface area contributed by atoms with Crippen LogP contribution in [0, 0.1) is 12.3 Å². The lowest BCUT2D eigenvalue weighted by Gasteiger charge is -2.24. The van der Waals surface area contributed by atoms with Crippen LogP contribution in [-0.4, -0.2) is 40.1 Å². The number of carbonyl (C=O) groups is 2. The predicted octanol–water partition coefficient (Wildman–Crippen LogP) is 2.55. The van der Waals surface area contributed by atoms with Gasteiger partial charge < -0.3 is 10.2 Å². The molecule has 0 radical (unpaired) electrons. The maximum atomic E-state index is 13.1. The van der Waals surface area contributed by atoms with Crippen molar-refractivity contribution < 1.29 is 9.59 Å². The van der Waals surface area contributed by atoms with E-state index in [9.17, 15) is 9.59 Å². The SMILES string of the molecule is C#Cc1cccc(NC(=O)CN(C)C(=O)C(c2ccccc2)n2cccn2)c1. The van der Waals surface area contributed by atoms with Crippen LogP contribution in [0.25, 0.3) is 0 Å². The number of hydrogen-bond donors (Lipinski definition) is 1. The van der Waals surface area contributed by atoms with Crippen LogP contribution in [0.15, 0.2) is 73.1 Å². The van der Waals surface area contributed by atoms with Crippen LogP contribution in [0.5, 0.6) is 0 Å². The van der Waals surface area contributed by atoms with Gasteiger partial charge in [0.25, 0.3) is 5.91 Å². The van der Waals surface area contributed by atoms with Gasteiger partial charge in [-0.05, 0) is 29.8 Å². The van der Waals surface area contributed by atoms with Gasteiger partial charge in [-0.25, -0.2) is 0 Å². The van der Waals surface area contributed by atoms with Crippen molar-refractivity contribution in [3.05, 3.63) is 84.2 Å². The summed E-state index contributed by atoms with van der Waals surface area (Å²) >= 11 is 0.